The zero-order valence-corrected chi connectivity index (χ0v) is 17.2. The van der Waals surface area contributed by atoms with Crippen LogP contribution < -0.4 is 16.8 Å². The fourth-order valence-electron chi connectivity index (χ4n) is 3.63. The topological polar surface area (TPSA) is 211 Å². The van der Waals surface area contributed by atoms with Crippen LogP contribution in [0.4, 0.5) is 17.5 Å². The fraction of sp³-hybridized carbons (Fsp3) is 0.250. The molecule has 3 heterocycles. The minimum atomic E-state index is -1.23. The second kappa shape index (κ2) is 8.53. The molecule has 0 saturated carbocycles. The van der Waals surface area contributed by atoms with Crippen LogP contribution >= 0.6 is 0 Å². The third-order valence-electron chi connectivity index (χ3n) is 5.30. The molecule has 3 aromatic rings. The number of carboxylic acids is 2. The number of nitrogens with zero attached hydrogens (tertiary/aromatic N) is 5. The van der Waals surface area contributed by atoms with Crippen molar-refractivity contribution in [3.63, 3.8) is 0 Å². The van der Waals surface area contributed by atoms with Crippen molar-refractivity contribution in [3.05, 3.63) is 41.7 Å². The molecule has 0 bridgehead atoms. The number of nitrogens with one attached hydrogen (secondary N) is 1. The van der Waals surface area contributed by atoms with Crippen molar-refractivity contribution in [2.24, 2.45) is 5.92 Å². The molecule has 13 nitrogen and oxygen atoms in total. The molecule has 2 atom stereocenters. The summed E-state index contributed by atoms with van der Waals surface area (Å²) in [5.74, 6) is -3.65. The van der Waals surface area contributed by atoms with E-state index in [4.69, 9.17) is 11.5 Å². The molecule has 0 radical (unpaired) electrons. The van der Waals surface area contributed by atoms with Gasteiger partial charge in [-0.25, -0.2) is 14.8 Å². The van der Waals surface area contributed by atoms with Gasteiger partial charge in [0.2, 0.25) is 5.95 Å². The first-order valence-electron chi connectivity index (χ1n) is 9.88. The van der Waals surface area contributed by atoms with E-state index in [2.05, 4.69) is 25.3 Å². The second-order valence-corrected chi connectivity index (χ2v) is 7.51. The third kappa shape index (κ3) is 4.42. The molecular formula is C20H20N8O5. The SMILES string of the molecule is Nc1nc(N)c2nc(CNc3ccc(C(=O)N4CC(C(=O)O)CC4C(=O)O)cc3)cnc2n1. The van der Waals surface area contributed by atoms with Gasteiger partial charge in [0, 0.05) is 17.8 Å². The summed E-state index contributed by atoms with van der Waals surface area (Å²) in [6, 6.07) is 5.21. The molecule has 1 saturated heterocycles. The first-order chi connectivity index (χ1) is 15.7. The van der Waals surface area contributed by atoms with Crippen LogP contribution in [0.5, 0.6) is 0 Å². The van der Waals surface area contributed by atoms with Gasteiger partial charge in [-0.2, -0.15) is 9.97 Å². The van der Waals surface area contributed by atoms with Gasteiger partial charge in [-0.1, -0.05) is 0 Å². The van der Waals surface area contributed by atoms with E-state index in [0.717, 1.165) is 4.90 Å². The van der Waals surface area contributed by atoms with E-state index in [-0.39, 0.29) is 30.3 Å². The lowest BCUT2D eigenvalue weighted by Crippen LogP contribution is -2.40. The number of carbonyl (C=O) groups excluding carboxylic acids is 1. The van der Waals surface area contributed by atoms with Crippen molar-refractivity contribution in [2.75, 3.05) is 23.3 Å². The Morgan fingerprint density at radius 1 is 1.06 bits per heavy atom. The summed E-state index contributed by atoms with van der Waals surface area (Å²) in [4.78, 5) is 53.0. The van der Waals surface area contributed by atoms with Crippen LogP contribution in [0.15, 0.2) is 30.5 Å². The number of hydrogen-bond acceptors (Lipinski definition) is 10. The molecule has 1 amide bonds. The van der Waals surface area contributed by atoms with Crippen LogP contribution in [0.2, 0.25) is 0 Å². The maximum atomic E-state index is 12.8. The lowest BCUT2D eigenvalue weighted by atomic mass is 10.1. The van der Waals surface area contributed by atoms with Crippen LogP contribution in [0.1, 0.15) is 22.5 Å². The van der Waals surface area contributed by atoms with Crippen molar-refractivity contribution in [1.29, 1.82) is 0 Å². The summed E-state index contributed by atoms with van der Waals surface area (Å²) >= 11 is 0. The lowest BCUT2D eigenvalue weighted by Gasteiger charge is -2.21. The lowest BCUT2D eigenvalue weighted by molar-refractivity contribution is -0.141. The number of anilines is 3. The number of nitrogen functional groups attached to an aromatic ring is 2. The summed E-state index contributed by atoms with van der Waals surface area (Å²) in [5, 5.41) is 21.7. The van der Waals surface area contributed by atoms with Crippen LogP contribution in [0, 0.1) is 5.92 Å². The third-order valence-corrected chi connectivity index (χ3v) is 5.30. The number of amides is 1. The van der Waals surface area contributed by atoms with Crippen molar-refractivity contribution in [2.45, 2.75) is 19.0 Å². The average Bonchev–Trinajstić information content (AvgIpc) is 3.24. The van der Waals surface area contributed by atoms with Crippen molar-refractivity contribution >= 4 is 46.5 Å². The Bertz CT molecular complexity index is 1250. The van der Waals surface area contributed by atoms with Gasteiger partial charge >= 0.3 is 11.9 Å². The minimum Gasteiger partial charge on any atom is -0.481 e. The van der Waals surface area contributed by atoms with Gasteiger partial charge < -0.3 is 31.9 Å². The Hall–Kier alpha value is -4.55. The molecule has 1 aliphatic heterocycles. The zero-order chi connectivity index (χ0) is 23.7. The van der Waals surface area contributed by atoms with Gasteiger partial charge in [0.05, 0.1) is 24.4 Å². The highest BCUT2D eigenvalue weighted by atomic mass is 16.4. The standard InChI is InChI=1S/C20H20N8O5/c21-15-14-16(27-20(22)26-15)24-7-12(25-14)6-23-11-3-1-9(2-4-11)17(29)28-8-10(18(30)31)5-13(28)19(32)33/h1-4,7,10,13,23H,5-6,8H2,(H,30,31)(H,32,33)(H4,21,22,24,26,27). The van der Waals surface area contributed by atoms with Crippen LogP contribution in [0.3, 0.4) is 0 Å². The Morgan fingerprint density at radius 2 is 1.79 bits per heavy atom. The maximum Gasteiger partial charge on any atom is 0.326 e. The number of aliphatic carboxylic acids is 2. The number of likely N-dealkylation sites (tertiary alicyclic amines) is 1. The highest BCUT2D eigenvalue weighted by Crippen LogP contribution is 2.26. The Morgan fingerprint density at radius 3 is 2.45 bits per heavy atom. The molecule has 1 aliphatic rings. The summed E-state index contributed by atoms with van der Waals surface area (Å²) in [6.07, 6.45) is 1.41. The molecule has 2 unspecified atom stereocenters. The van der Waals surface area contributed by atoms with Crippen molar-refractivity contribution < 1.29 is 24.6 Å². The summed E-state index contributed by atoms with van der Waals surface area (Å²) in [7, 11) is 0. The molecule has 170 valence electrons. The molecule has 0 aliphatic carbocycles. The van der Waals surface area contributed by atoms with E-state index in [1.54, 1.807) is 24.3 Å². The van der Waals surface area contributed by atoms with E-state index < -0.39 is 29.8 Å². The van der Waals surface area contributed by atoms with Crippen LogP contribution in [-0.2, 0) is 16.1 Å². The summed E-state index contributed by atoms with van der Waals surface area (Å²) in [5.41, 5.74) is 13.5. The van der Waals surface area contributed by atoms with E-state index in [0.29, 0.717) is 29.1 Å². The largest absolute Gasteiger partial charge is 0.481 e. The molecule has 1 fully saturated rings. The molecule has 13 heteroatoms. The number of hydrogen-bond donors (Lipinski definition) is 5. The van der Waals surface area contributed by atoms with Crippen molar-refractivity contribution in [1.82, 2.24) is 24.8 Å². The molecule has 0 spiro atoms. The number of nitrogens with two attached hydrogens (primary N) is 2. The van der Waals surface area contributed by atoms with Gasteiger partial charge in [-0.05, 0) is 30.7 Å². The number of aromatic nitrogens is 4. The molecule has 2 aromatic heterocycles. The minimum absolute atomic E-state index is 0.0110. The van der Waals surface area contributed by atoms with E-state index in [9.17, 15) is 24.6 Å². The number of carbonyl (C=O) groups is 3. The highest BCUT2D eigenvalue weighted by Gasteiger charge is 2.42. The molecule has 33 heavy (non-hydrogen) atoms. The smallest absolute Gasteiger partial charge is 0.326 e. The fourth-order valence-corrected chi connectivity index (χ4v) is 3.63. The number of rotatable bonds is 6. The first kappa shape index (κ1) is 21.7. The normalized spacial score (nSPS) is 17.8. The predicted molar refractivity (Wildman–Crippen MR) is 116 cm³/mol. The van der Waals surface area contributed by atoms with E-state index in [1.807, 2.05) is 0 Å². The molecule has 7 N–H and O–H groups in total. The number of benzene rings is 1. The Labute approximate surface area is 186 Å². The van der Waals surface area contributed by atoms with E-state index >= 15 is 0 Å². The summed E-state index contributed by atoms with van der Waals surface area (Å²) in [6.45, 7) is 0.151. The molecule has 4 rings (SSSR count). The van der Waals surface area contributed by atoms with Crippen LogP contribution in [0.25, 0.3) is 11.2 Å². The predicted octanol–water partition coefficient (Wildman–Crippen LogP) is 0.196. The average molecular weight is 452 g/mol. The van der Waals surface area contributed by atoms with Gasteiger partial charge in [-0.15, -0.1) is 0 Å². The van der Waals surface area contributed by atoms with Crippen LogP contribution in [-0.4, -0.2) is 65.5 Å². The molecule has 1 aromatic carbocycles. The first-order valence-corrected chi connectivity index (χ1v) is 9.88. The number of fused-ring (bicyclic) bond motifs is 1. The van der Waals surface area contributed by atoms with Gasteiger partial charge in [0.25, 0.3) is 5.91 Å². The maximum absolute atomic E-state index is 12.8. The highest BCUT2D eigenvalue weighted by molar-refractivity contribution is 5.98. The number of carboxylic acid groups (broad SMARTS) is 2. The monoisotopic (exact) mass is 452 g/mol. The van der Waals surface area contributed by atoms with Gasteiger partial charge in [-0.3, -0.25) is 9.59 Å². The van der Waals surface area contributed by atoms with Gasteiger partial charge in [0.1, 0.15) is 6.04 Å². The van der Waals surface area contributed by atoms with Gasteiger partial charge in [0.15, 0.2) is 17.0 Å². The van der Waals surface area contributed by atoms with Crippen molar-refractivity contribution in [3.8, 4) is 0 Å². The Kier molecular flexibility index (Phi) is 5.60. The quantitative estimate of drug-likeness (QED) is 0.339. The zero-order valence-electron chi connectivity index (χ0n) is 17.2. The molecular weight excluding hydrogens is 432 g/mol. The Balaban J connectivity index is 1.44. The van der Waals surface area contributed by atoms with E-state index in [1.165, 1.54) is 6.20 Å². The second-order valence-electron chi connectivity index (χ2n) is 7.51. The summed E-state index contributed by atoms with van der Waals surface area (Å²) < 4.78 is 0.